The van der Waals surface area contributed by atoms with Gasteiger partial charge in [-0.25, -0.2) is 9.37 Å². The second-order valence-electron chi connectivity index (χ2n) is 6.81. The summed E-state index contributed by atoms with van der Waals surface area (Å²) in [7, 11) is 0. The van der Waals surface area contributed by atoms with E-state index in [9.17, 15) is 9.18 Å². The molecule has 0 aliphatic carbocycles. The molecule has 0 atom stereocenters. The number of nitrogens with zero attached hydrogens (tertiary/aromatic N) is 3. The van der Waals surface area contributed by atoms with E-state index in [0.717, 1.165) is 17.7 Å². The van der Waals surface area contributed by atoms with Crippen LogP contribution >= 0.6 is 22.9 Å². The van der Waals surface area contributed by atoms with Crippen molar-refractivity contribution in [2.24, 2.45) is 5.92 Å². The maximum atomic E-state index is 14.5. The highest BCUT2D eigenvalue weighted by Gasteiger charge is 2.23. The van der Waals surface area contributed by atoms with E-state index in [-0.39, 0.29) is 16.5 Å². The van der Waals surface area contributed by atoms with Gasteiger partial charge in [0.1, 0.15) is 5.69 Å². The molecule has 0 radical (unpaired) electrons. The predicted molar refractivity (Wildman–Crippen MR) is 113 cm³/mol. The predicted octanol–water partition coefficient (Wildman–Crippen LogP) is 4.21. The SMILES string of the molecule is O=C(Nc1ncc(C#Cc2cccs2)cc1F)c1c(Cl)cnn1CC1CCOCC1. The van der Waals surface area contributed by atoms with Crippen LogP contribution in [0.4, 0.5) is 10.2 Å². The molecule has 1 aliphatic rings. The van der Waals surface area contributed by atoms with Crippen molar-refractivity contribution < 1.29 is 13.9 Å². The van der Waals surface area contributed by atoms with Crippen molar-refractivity contribution in [3.8, 4) is 11.8 Å². The van der Waals surface area contributed by atoms with Gasteiger partial charge in [0.05, 0.1) is 16.1 Å². The van der Waals surface area contributed by atoms with Gasteiger partial charge >= 0.3 is 0 Å². The molecular weight excluding hydrogens is 427 g/mol. The number of rotatable bonds is 4. The first-order valence-electron chi connectivity index (χ1n) is 9.41. The molecule has 0 spiro atoms. The molecule has 1 aliphatic heterocycles. The summed E-state index contributed by atoms with van der Waals surface area (Å²) in [5.41, 5.74) is 0.604. The van der Waals surface area contributed by atoms with Crippen molar-refractivity contribution >= 4 is 34.7 Å². The zero-order chi connectivity index (χ0) is 20.9. The first-order chi connectivity index (χ1) is 14.6. The van der Waals surface area contributed by atoms with Crippen LogP contribution in [0.1, 0.15) is 33.8 Å². The lowest BCUT2D eigenvalue weighted by molar-refractivity contribution is 0.0598. The lowest BCUT2D eigenvalue weighted by atomic mass is 10.0. The van der Waals surface area contributed by atoms with Gasteiger partial charge in [0.2, 0.25) is 0 Å². The van der Waals surface area contributed by atoms with E-state index in [1.807, 2.05) is 17.5 Å². The molecule has 3 aromatic rings. The second-order valence-corrected chi connectivity index (χ2v) is 8.17. The molecule has 154 valence electrons. The smallest absolute Gasteiger partial charge is 0.276 e. The number of halogens is 2. The Bertz CT molecular complexity index is 1100. The summed E-state index contributed by atoms with van der Waals surface area (Å²) < 4.78 is 21.4. The zero-order valence-electron chi connectivity index (χ0n) is 15.9. The first kappa shape index (κ1) is 20.5. The van der Waals surface area contributed by atoms with Gasteiger partial charge in [0, 0.05) is 31.5 Å². The van der Waals surface area contributed by atoms with Crippen LogP contribution in [0.25, 0.3) is 0 Å². The Morgan fingerprint density at radius 1 is 1.37 bits per heavy atom. The molecule has 1 saturated heterocycles. The van der Waals surface area contributed by atoms with Crippen LogP contribution in [-0.2, 0) is 11.3 Å². The minimum absolute atomic E-state index is 0.184. The van der Waals surface area contributed by atoms with Crippen molar-refractivity contribution in [1.82, 2.24) is 14.8 Å². The van der Waals surface area contributed by atoms with E-state index in [2.05, 4.69) is 27.2 Å². The Morgan fingerprint density at radius 3 is 2.93 bits per heavy atom. The van der Waals surface area contributed by atoms with Gasteiger partial charge in [-0.15, -0.1) is 11.3 Å². The fraction of sp³-hybridized carbons (Fsp3) is 0.286. The van der Waals surface area contributed by atoms with E-state index < -0.39 is 11.7 Å². The van der Waals surface area contributed by atoms with Crippen LogP contribution in [0.15, 0.2) is 36.0 Å². The monoisotopic (exact) mass is 444 g/mol. The molecular formula is C21H18ClFN4O2S. The molecule has 1 amide bonds. The van der Waals surface area contributed by atoms with Crippen molar-refractivity contribution in [2.45, 2.75) is 19.4 Å². The van der Waals surface area contributed by atoms with Crippen LogP contribution in [0, 0.1) is 23.6 Å². The molecule has 1 fully saturated rings. The van der Waals surface area contributed by atoms with Gasteiger partial charge in [-0.3, -0.25) is 9.48 Å². The largest absolute Gasteiger partial charge is 0.381 e. The highest BCUT2D eigenvalue weighted by atomic mass is 35.5. The van der Waals surface area contributed by atoms with Crippen molar-refractivity contribution in [1.29, 1.82) is 0 Å². The van der Waals surface area contributed by atoms with Crippen molar-refractivity contribution in [2.75, 3.05) is 18.5 Å². The third kappa shape index (κ3) is 4.87. The Balaban J connectivity index is 1.48. The van der Waals surface area contributed by atoms with Gasteiger partial charge in [0.25, 0.3) is 5.91 Å². The van der Waals surface area contributed by atoms with Gasteiger partial charge in [0.15, 0.2) is 11.6 Å². The summed E-state index contributed by atoms with van der Waals surface area (Å²) in [4.78, 5) is 17.6. The minimum atomic E-state index is -0.673. The summed E-state index contributed by atoms with van der Waals surface area (Å²) in [6.45, 7) is 1.93. The number of anilines is 1. The van der Waals surface area contributed by atoms with Gasteiger partial charge < -0.3 is 10.1 Å². The molecule has 6 nitrogen and oxygen atoms in total. The van der Waals surface area contributed by atoms with E-state index in [4.69, 9.17) is 16.3 Å². The molecule has 4 rings (SSSR count). The van der Waals surface area contributed by atoms with Gasteiger partial charge in [-0.1, -0.05) is 29.5 Å². The number of carbonyl (C=O) groups is 1. The Morgan fingerprint density at radius 2 is 2.20 bits per heavy atom. The summed E-state index contributed by atoms with van der Waals surface area (Å²) >= 11 is 7.68. The highest BCUT2D eigenvalue weighted by molar-refractivity contribution is 7.10. The molecule has 0 unspecified atom stereocenters. The third-order valence-corrected chi connectivity index (χ3v) is 5.77. The van der Waals surface area contributed by atoms with E-state index >= 15 is 0 Å². The first-order valence-corrected chi connectivity index (χ1v) is 10.7. The topological polar surface area (TPSA) is 69.0 Å². The third-order valence-electron chi connectivity index (χ3n) is 4.71. The van der Waals surface area contributed by atoms with Crippen LogP contribution in [-0.4, -0.2) is 33.9 Å². The molecule has 9 heteroatoms. The molecule has 30 heavy (non-hydrogen) atoms. The maximum absolute atomic E-state index is 14.5. The lowest BCUT2D eigenvalue weighted by Gasteiger charge is -2.22. The van der Waals surface area contributed by atoms with Crippen LogP contribution in [0.2, 0.25) is 5.02 Å². The van der Waals surface area contributed by atoms with E-state index in [1.165, 1.54) is 29.8 Å². The summed E-state index contributed by atoms with van der Waals surface area (Å²) in [6, 6.07) is 5.01. The van der Waals surface area contributed by atoms with Crippen LogP contribution in [0.3, 0.4) is 0 Å². The number of thiophene rings is 1. The molecule has 0 aromatic carbocycles. The van der Waals surface area contributed by atoms with E-state index in [1.54, 1.807) is 4.68 Å². The fourth-order valence-corrected chi connectivity index (χ4v) is 3.95. The minimum Gasteiger partial charge on any atom is -0.381 e. The Hall–Kier alpha value is -2.73. The zero-order valence-corrected chi connectivity index (χ0v) is 17.5. The standard InChI is InChI=1S/C21H18ClFN4O2S/c22-17-12-25-27(13-14-5-7-29-8-6-14)19(17)21(28)26-20-18(23)10-15(11-24-20)3-4-16-2-1-9-30-16/h1-2,9-12,14H,5-8,13H2,(H,24,26,28). The Labute approximate surface area is 182 Å². The molecule has 3 aromatic heterocycles. The second kappa shape index (κ2) is 9.39. The normalized spacial score (nSPS) is 14.2. The van der Waals surface area contributed by atoms with Crippen molar-refractivity contribution in [3.05, 3.63) is 62.9 Å². The molecule has 0 bridgehead atoms. The average Bonchev–Trinajstić information content (AvgIpc) is 3.39. The number of hydrogen-bond acceptors (Lipinski definition) is 5. The van der Waals surface area contributed by atoms with Crippen LogP contribution < -0.4 is 5.32 Å². The van der Waals surface area contributed by atoms with Gasteiger partial charge in [-0.2, -0.15) is 5.10 Å². The number of aromatic nitrogens is 3. The van der Waals surface area contributed by atoms with Crippen LogP contribution in [0.5, 0.6) is 0 Å². The average molecular weight is 445 g/mol. The number of carbonyl (C=O) groups excluding carboxylic acids is 1. The fourth-order valence-electron chi connectivity index (χ4n) is 3.15. The number of hydrogen-bond donors (Lipinski definition) is 1. The summed E-state index contributed by atoms with van der Waals surface area (Å²) in [5.74, 6) is 4.73. The summed E-state index contributed by atoms with van der Waals surface area (Å²) in [6.07, 6.45) is 4.62. The van der Waals surface area contributed by atoms with Gasteiger partial charge in [-0.05, 0) is 36.3 Å². The molecule has 1 N–H and O–H groups in total. The number of nitrogens with one attached hydrogen (secondary N) is 1. The lowest BCUT2D eigenvalue weighted by Crippen LogP contribution is -2.25. The number of pyridine rings is 1. The maximum Gasteiger partial charge on any atom is 0.276 e. The number of amides is 1. The number of ether oxygens (including phenoxy) is 1. The Kier molecular flexibility index (Phi) is 6.43. The quantitative estimate of drug-likeness (QED) is 0.612. The summed E-state index contributed by atoms with van der Waals surface area (Å²) in [5, 5.41) is 8.82. The molecule has 4 heterocycles. The highest BCUT2D eigenvalue weighted by Crippen LogP contribution is 2.22. The molecule has 0 saturated carbocycles. The van der Waals surface area contributed by atoms with Crippen molar-refractivity contribution in [3.63, 3.8) is 0 Å². The van der Waals surface area contributed by atoms with E-state index in [0.29, 0.717) is 31.2 Å².